The van der Waals surface area contributed by atoms with Gasteiger partial charge in [-0.1, -0.05) is 0 Å². The number of ether oxygens (including phenoxy) is 1. The molecule has 6 nitrogen and oxygen atoms in total. The second-order valence-electron chi connectivity index (χ2n) is 4.19. The van der Waals surface area contributed by atoms with E-state index in [9.17, 15) is 10.1 Å². The molecule has 0 fully saturated rings. The minimum absolute atomic E-state index is 0.0234. The fraction of sp³-hybridized carbons (Fsp3) is 0. The molecular formula is C14H8IN3O3. The molecule has 0 aliphatic carbocycles. The van der Waals surface area contributed by atoms with E-state index in [0.29, 0.717) is 22.5 Å². The number of benzene rings is 2. The van der Waals surface area contributed by atoms with Crippen LogP contribution in [0.2, 0.25) is 0 Å². The average Bonchev–Trinajstić information content (AvgIpc) is 2.49. The van der Waals surface area contributed by atoms with Crippen molar-refractivity contribution in [2.24, 2.45) is 0 Å². The molecule has 0 aliphatic rings. The van der Waals surface area contributed by atoms with Gasteiger partial charge in [0.2, 0.25) is 5.88 Å². The Kier molecular flexibility index (Phi) is 3.65. The highest BCUT2D eigenvalue weighted by Gasteiger charge is 2.12. The Morgan fingerprint density at radius 3 is 2.57 bits per heavy atom. The molecule has 0 aliphatic heterocycles. The van der Waals surface area contributed by atoms with Crippen LogP contribution in [0, 0.1) is 13.7 Å². The molecule has 0 amide bonds. The summed E-state index contributed by atoms with van der Waals surface area (Å²) in [5, 5.41) is 11.4. The smallest absolute Gasteiger partial charge is 0.270 e. The number of fused-ring (bicyclic) bond motifs is 1. The maximum Gasteiger partial charge on any atom is 0.270 e. The summed E-state index contributed by atoms with van der Waals surface area (Å²) in [5.74, 6) is 0.909. The van der Waals surface area contributed by atoms with E-state index < -0.39 is 4.92 Å². The Hall–Kier alpha value is -2.29. The third-order valence-corrected chi connectivity index (χ3v) is 3.54. The summed E-state index contributed by atoms with van der Waals surface area (Å²) in [6, 6.07) is 11.8. The summed E-state index contributed by atoms with van der Waals surface area (Å²) in [6.07, 6.45) is 1.37. The topological polar surface area (TPSA) is 78.2 Å². The van der Waals surface area contributed by atoms with Crippen molar-refractivity contribution in [3.63, 3.8) is 0 Å². The normalized spacial score (nSPS) is 10.5. The second-order valence-corrected chi connectivity index (χ2v) is 5.44. The van der Waals surface area contributed by atoms with Gasteiger partial charge in [-0.05, 0) is 52.9 Å². The van der Waals surface area contributed by atoms with Crippen molar-refractivity contribution in [2.45, 2.75) is 0 Å². The highest BCUT2D eigenvalue weighted by Crippen LogP contribution is 2.29. The van der Waals surface area contributed by atoms with Crippen LogP contribution in [-0.2, 0) is 0 Å². The Labute approximate surface area is 133 Å². The maximum absolute atomic E-state index is 10.9. The fourth-order valence-electron chi connectivity index (χ4n) is 1.83. The molecule has 0 saturated heterocycles. The number of nitrogens with zero attached hydrogens (tertiary/aromatic N) is 3. The molecule has 0 N–H and O–H groups in total. The molecule has 3 rings (SSSR count). The van der Waals surface area contributed by atoms with Crippen molar-refractivity contribution in [1.82, 2.24) is 9.97 Å². The van der Waals surface area contributed by atoms with E-state index in [1.54, 1.807) is 6.07 Å². The minimum atomic E-state index is -0.457. The van der Waals surface area contributed by atoms with Crippen LogP contribution in [0.5, 0.6) is 11.6 Å². The van der Waals surface area contributed by atoms with Gasteiger partial charge in [0.15, 0.2) is 0 Å². The van der Waals surface area contributed by atoms with Crippen LogP contribution in [0.1, 0.15) is 0 Å². The zero-order valence-electron chi connectivity index (χ0n) is 10.6. The molecule has 0 unspecified atom stereocenters. The lowest BCUT2D eigenvalue weighted by Crippen LogP contribution is -1.93. The third-order valence-electron chi connectivity index (χ3n) is 2.82. The third kappa shape index (κ3) is 2.92. The van der Waals surface area contributed by atoms with Gasteiger partial charge in [0.1, 0.15) is 12.1 Å². The fourth-order valence-corrected chi connectivity index (χ4v) is 2.19. The summed E-state index contributed by atoms with van der Waals surface area (Å²) in [7, 11) is 0. The summed E-state index contributed by atoms with van der Waals surface area (Å²) in [6.45, 7) is 0. The summed E-state index contributed by atoms with van der Waals surface area (Å²) >= 11 is 2.20. The monoisotopic (exact) mass is 393 g/mol. The lowest BCUT2D eigenvalue weighted by Gasteiger charge is -2.07. The molecule has 0 bridgehead atoms. The average molecular weight is 393 g/mol. The molecular weight excluding hydrogens is 385 g/mol. The SMILES string of the molecule is O=[N+]([O-])c1ccc2ncnc(Oc3ccc(I)cc3)c2c1. The van der Waals surface area contributed by atoms with Crippen LogP contribution in [-0.4, -0.2) is 14.9 Å². The van der Waals surface area contributed by atoms with Gasteiger partial charge < -0.3 is 4.74 Å². The summed E-state index contributed by atoms with van der Waals surface area (Å²) < 4.78 is 6.79. The van der Waals surface area contributed by atoms with E-state index in [1.165, 1.54) is 18.5 Å². The number of nitro groups is 1. The zero-order valence-corrected chi connectivity index (χ0v) is 12.7. The van der Waals surface area contributed by atoms with Gasteiger partial charge in [-0.15, -0.1) is 0 Å². The highest BCUT2D eigenvalue weighted by atomic mass is 127. The zero-order chi connectivity index (χ0) is 14.8. The van der Waals surface area contributed by atoms with Gasteiger partial charge in [0.25, 0.3) is 5.69 Å². The Balaban J connectivity index is 2.06. The number of non-ortho nitro benzene ring substituents is 1. The molecule has 0 saturated carbocycles. The molecule has 0 atom stereocenters. The summed E-state index contributed by atoms with van der Waals surface area (Å²) in [5.41, 5.74) is 0.570. The van der Waals surface area contributed by atoms with Crippen LogP contribution in [0.3, 0.4) is 0 Å². The van der Waals surface area contributed by atoms with Crippen molar-refractivity contribution in [3.05, 3.63) is 62.5 Å². The lowest BCUT2D eigenvalue weighted by atomic mass is 10.2. The molecule has 7 heteroatoms. The largest absolute Gasteiger partial charge is 0.438 e. The maximum atomic E-state index is 10.9. The van der Waals surface area contributed by atoms with Crippen LogP contribution in [0.4, 0.5) is 5.69 Å². The van der Waals surface area contributed by atoms with Gasteiger partial charge >= 0.3 is 0 Å². The number of nitro benzene ring substituents is 1. The van der Waals surface area contributed by atoms with Gasteiger partial charge in [-0.25, -0.2) is 9.97 Å². The molecule has 1 heterocycles. The number of hydrogen-bond donors (Lipinski definition) is 0. The van der Waals surface area contributed by atoms with Gasteiger partial charge in [0, 0.05) is 15.7 Å². The number of hydrogen-bond acceptors (Lipinski definition) is 5. The van der Waals surface area contributed by atoms with Gasteiger partial charge in [-0.2, -0.15) is 0 Å². The quantitative estimate of drug-likeness (QED) is 0.383. The number of aromatic nitrogens is 2. The Morgan fingerprint density at radius 1 is 1.10 bits per heavy atom. The van der Waals surface area contributed by atoms with Gasteiger partial charge in [-0.3, -0.25) is 10.1 Å². The van der Waals surface area contributed by atoms with Crippen molar-refractivity contribution in [2.75, 3.05) is 0 Å². The first-order chi connectivity index (χ1) is 10.1. The van der Waals surface area contributed by atoms with E-state index in [1.807, 2.05) is 24.3 Å². The van der Waals surface area contributed by atoms with Crippen molar-refractivity contribution < 1.29 is 9.66 Å². The van der Waals surface area contributed by atoms with Crippen LogP contribution < -0.4 is 4.74 Å². The standard InChI is InChI=1S/C14H8IN3O3/c15-9-1-4-11(5-2-9)21-14-12-7-10(18(19)20)3-6-13(12)16-8-17-14/h1-8H. The predicted molar refractivity (Wildman–Crippen MR) is 85.4 cm³/mol. The molecule has 0 spiro atoms. The molecule has 3 aromatic rings. The van der Waals surface area contributed by atoms with Gasteiger partial charge in [0.05, 0.1) is 15.8 Å². The first-order valence-corrected chi connectivity index (χ1v) is 7.04. The second kappa shape index (κ2) is 5.60. The first-order valence-electron chi connectivity index (χ1n) is 5.96. The molecule has 1 aromatic heterocycles. The highest BCUT2D eigenvalue weighted by molar-refractivity contribution is 14.1. The number of halogens is 1. The van der Waals surface area contributed by atoms with E-state index in [4.69, 9.17) is 4.74 Å². The van der Waals surface area contributed by atoms with E-state index in [0.717, 1.165) is 3.57 Å². The van der Waals surface area contributed by atoms with Crippen molar-refractivity contribution in [3.8, 4) is 11.6 Å². The Bertz CT molecular complexity index is 821. The molecule has 104 valence electrons. The first kappa shape index (κ1) is 13.7. The van der Waals surface area contributed by atoms with E-state index in [2.05, 4.69) is 32.6 Å². The van der Waals surface area contributed by atoms with Crippen LogP contribution >= 0.6 is 22.6 Å². The van der Waals surface area contributed by atoms with E-state index >= 15 is 0 Å². The van der Waals surface area contributed by atoms with E-state index in [-0.39, 0.29) is 5.69 Å². The lowest BCUT2D eigenvalue weighted by molar-refractivity contribution is -0.384. The Morgan fingerprint density at radius 2 is 1.86 bits per heavy atom. The minimum Gasteiger partial charge on any atom is -0.438 e. The summed E-state index contributed by atoms with van der Waals surface area (Å²) in [4.78, 5) is 18.6. The number of rotatable bonds is 3. The predicted octanol–water partition coefficient (Wildman–Crippen LogP) is 3.93. The van der Waals surface area contributed by atoms with Crippen LogP contribution in [0.25, 0.3) is 10.9 Å². The molecule has 0 radical (unpaired) electrons. The molecule has 21 heavy (non-hydrogen) atoms. The van der Waals surface area contributed by atoms with Crippen molar-refractivity contribution >= 4 is 39.2 Å². The molecule has 2 aromatic carbocycles. The van der Waals surface area contributed by atoms with Crippen molar-refractivity contribution in [1.29, 1.82) is 0 Å². The van der Waals surface area contributed by atoms with Crippen LogP contribution in [0.15, 0.2) is 48.8 Å².